The normalized spacial score (nSPS) is 12.1. The molecule has 0 fully saturated rings. The summed E-state index contributed by atoms with van der Waals surface area (Å²) in [6.45, 7) is 4.76. The molecule has 1 aromatic rings. The van der Waals surface area contributed by atoms with Crippen molar-refractivity contribution in [3.8, 4) is 0 Å². The number of rotatable bonds is 7. The van der Waals surface area contributed by atoms with Crippen molar-refractivity contribution in [1.82, 2.24) is 0 Å². The minimum absolute atomic E-state index is 0.0683. The van der Waals surface area contributed by atoms with Gasteiger partial charge in [0.05, 0.1) is 6.61 Å². The van der Waals surface area contributed by atoms with Crippen LogP contribution in [-0.2, 0) is 16.0 Å². The number of hydrogen-bond donors (Lipinski definition) is 0. The molecule has 0 aliphatic heterocycles. The van der Waals surface area contributed by atoms with Crippen LogP contribution in [0.4, 0.5) is 0 Å². The van der Waals surface area contributed by atoms with Crippen LogP contribution in [0.2, 0.25) is 0 Å². The van der Waals surface area contributed by atoms with Crippen LogP contribution >= 0.6 is 0 Å². The number of carbonyl (C=O) groups excluding carboxylic acids is 1. The first-order valence-electron chi connectivity index (χ1n) is 6.42. The smallest absolute Gasteiger partial charge is 0.305 e. The van der Waals surface area contributed by atoms with Gasteiger partial charge in [0.15, 0.2) is 0 Å². The van der Waals surface area contributed by atoms with E-state index >= 15 is 0 Å². The zero-order valence-electron chi connectivity index (χ0n) is 10.8. The molecule has 1 atom stereocenters. The van der Waals surface area contributed by atoms with E-state index in [1.165, 1.54) is 5.56 Å². The van der Waals surface area contributed by atoms with Gasteiger partial charge in [0, 0.05) is 6.42 Å². The Labute approximate surface area is 104 Å². The summed E-state index contributed by atoms with van der Waals surface area (Å²) in [5.74, 6) is 0.398. The second-order valence-electron chi connectivity index (χ2n) is 4.54. The highest BCUT2D eigenvalue weighted by Crippen LogP contribution is 2.06. The Kier molecular flexibility index (Phi) is 6.38. The van der Waals surface area contributed by atoms with Gasteiger partial charge in [-0.2, -0.15) is 0 Å². The maximum Gasteiger partial charge on any atom is 0.305 e. The minimum Gasteiger partial charge on any atom is -0.465 e. The second kappa shape index (κ2) is 7.88. The van der Waals surface area contributed by atoms with Crippen LogP contribution in [0.3, 0.4) is 0 Å². The molecular formula is C15H22O2. The molecule has 0 bridgehead atoms. The second-order valence-corrected chi connectivity index (χ2v) is 4.54. The molecule has 0 heterocycles. The van der Waals surface area contributed by atoms with Crippen molar-refractivity contribution in [3.63, 3.8) is 0 Å². The van der Waals surface area contributed by atoms with E-state index in [-0.39, 0.29) is 5.97 Å². The molecule has 2 heteroatoms. The Morgan fingerprint density at radius 3 is 2.65 bits per heavy atom. The predicted octanol–water partition coefficient (Wildman–Crippen LogP) is 3.60. The summed E-state index contributed by atoms with van der Waals surface area (Å²) < 4.78 is 5.19. The van der Waals surface area contributed by atoms with Crippen molar-refractivity contribution in [2.24, 2.45) is 5.92 Å². The Hall–Kier alpha value is -1.31. The predicted molar refractivity (Wildman–Crippen MR) is 69.8 cm³/mol. The maximum atomic E-state index is 11.4. The zero-order chi connectivity index (χ0) is 12.5. The maximum absolute atomic E-state index is 11.4. The minimum atomic E-state index is -0.0683. The van der Waals surface area contributed by atoms with Crippen molar-refractivity contribution in [2.75, 3.05) is 6.61 Å². The summed E-state index contributed by atoms with van der Waals surface area (Å²) in [7, 11) is 0. The van der Waals surface area contributed by atoms with Crippen LogP contribution in [0, 0.1) is 5.92 Å². The largest absolute Gasteiger partial charge is 0.465 e. The molecule has 0 radical (unpaired) electrons. The Morgan fingerprint density at radius 1 is 1.29 bits per heavy atom. The van der Waals surface area contributed by atoms with Crippen molar-refractivity contribution < 1.29 is 9.53 Å². The van der Waals surface area contributed by atoms with E-state index in [0.717, 1.165) is 19.3 Å². The highest BCUT2D eigenvalue weighted by Gasteiger charge is 2.05. The molecule has 0 N–H and O–H groups in total. The van der Waals surface area contributed by atoms with Crippen molar-refractivity contribution in [1.29, 1.82) is 0 Å². The number of carbonyl (C=O) groups is 1. The van der Waals surface area contributed by atoms with Crippen molar-refractivity contribution in [2.45, 2.75) is 39.5 Å². The molecule has 0 spiro atoms. The molecule has 0 aromatic heterocycles. The van der Waals surface area contributed by atoms with Gasteiger partial charge in [0.25, 0.3) is 0 Å². The Bertz CT molecular complexity index is 319. The number of esters is 1. The van der Waals surface area contributed by atoms with E-state index in [1.54, 1.807) is 0 Å². The fourth-order valence-electron chi connectivity index (χ4n) is 1.51. The van der Waals surface area contributed by atoms with Crippen LogP contribution < -0.4 is 0 Å². The fourth-order valence-corrected chi connectivity index (χ4v) is 1.51. The molecule has 0 saturated carbocycles. The summed E-state index contributed by atoms with van der Waals surface area (Å²) in [5, 5.41) is 0. The molecule has 0 aliphatic carbocycles. The monoisotopic (exact) mass is 234 g/mol. The summed E-state index contributed by atoms with van der Waals surface area (Å²) in [6.07, 6.45) is 3.38. The standard InChI is InChI=1S/C15H22O2/c1-3-13(2)12-17-15(16)11-7-10-14-8-5-4-6-9-14/h4-6,8-9,13H,3,7,10-12H2,1-2H3. The van der Waals surface area contributed by atoms with Gasteiger partial charge in [0.2, 0.25) is 0 Å². The van der Waals surface area contributed by atoms with Gasteiger partial charge in [-0.1, -0.05) is 50.6 Å². The van der Waals surface area contributed by atoms with Gasteiger partial charge >= 0.3 is 5.97 Å². The van der Waals surface area contributed by atoms with Crippen LogP contribution in [-0.4, -0.2) is 12.6 Å². The highest BCUT2D eigenvalue weighted by atomic mass is 16.5. The number of hydrogen-bond acceptors (Lipinski definition) is 2. The lowest BCUT2D eigenvalue weighted by Crippen LogP contribution is -2.11. The van der Waals surface area contributed by atoms with E-state index in [2.05, 4.69) is 26.0 Å². The molecular weight excluding hydrogens is 212 g/mol. The van der Waals surface area contributed by atoms with E-state index in [0.29, 0.717) is 18.9 Å². The average Bonchev–Trinajstić information content (AvgIpc) is 2.37. The van der Waals surface area contributed by atoms with Crippen LogP contribution in [0.1, 0.15) is 38.7 Å². The van der Waals surface area contributed by atoms with Gasteiger partial charge < -0.3 is 4.74 Å². The molecule has 0 saturated heterocycles. The molecule has 17 heavy (non-hydrogen) atoms. The third-order valence-electron chi connectivity index (χ3n) is 2.91. The van der Waals surface area contributed by atoms with Gasteiger partial charge in [-0.15, -0.1) is 0 Å². The van der Waals surface area contributed by atoms with Crippen molar-refractivity contribution in [3.05, 3.63) is 35.9 Å². The molecule has 1 aromatic carbocycles. The SMILES string of the molecule is CCC(C)COC(=O)CCCc1ccccc1. The topological polar surface area (TPSA) is 26.3 Å². The van der Waals surface area contributed by atoms with Gasteiger partial charge in [-0.25, -0.2) is 0 Å². The first kappa shape index (κ1) is 13.8. The van der Waals surface area contributed by atoms with E-state index < -0.39 is 0 Å². The summed E-state index contributed by atoms with van der Waals surface area (Å²) in [5.41, 5.74) is 1.28. The summed E-state index contributed by atoms with van der Waals surface area (Å²) >= 11 is 0. The Morgan fingerprint density at radius 2 is 2.00 bits per heavy atom. The molecule has 1 rings (SSSR count). The van der Waals surface area contributed by atoms with Crippen LogP contribution in [0.25, 0.3) is 0 Å². The molecule has 0 amide bonds. The average molecular weight is 234 g/mol. The fraction of sp³-hybridized carbons (Fsp3) is 0.533. The first-order valence-corrected chi connectivity index (χ1v) is 6.42. The number of benzene rings is 1. The quantitative estimate of drug-likeness (QED) is 0.674. The van der Waals surface area contributed by atoms with E-state index in [1.807, 2.05) is 18.2 Å². The lowest BCUT2D eigenvalue weighted by molar-refractivity contribution is -0.145. The summed E-state index contributed by atoms with van der Waals surface area (Å²) in [6, 6.07) is 10.2. The molecule has 1 unspecified atom stereocenters. The number of aryl methyl sites for hydroxylation is 1. The van der Waals surface area contributed by atoms with E-state index in [9.17, 15) is 4.79 Å². The highest BCUT2D eigenvalue weighted by molar-refractivity contribution is 5.69. The van der Waals surface area contributed by atoms with Crippen LogP contribution in [0.15, 0.2) is 30.3 Å². The number of ether oxygens (including phenoxy) is 1. The lowest BCUT2D eigenvalue weighted by Gasteiger charge is -2.09. The van der Waals surface area contributed by atoms with Crippen LogP contribution in [0.5, 0.6) is 0 Å². The first-order chi connectivity index (χ1) is 8.22. The molecule has 2 nitrogen and oxygen atoms in total. The zero-order valence-corrected chi connectivity index (χ0v) is 10.8. The lowest BCUT2D eigenvalue weighted by atomic mass is 10.1. The van der Waals surface area contributed by atoms with E-state index in [4.69, 9.17) is 4.74 Å². The Balaban J connectivity index is 2.12. The molecule has 94 valence electrons. The van der Waals surface area contributed by atoms with Gasteiger partial charge in [-0.3, -0.25) is 4.79 Å². The van der Waals surface area contributed by atoms with Crippen molar-refractivity contribution >= 4 is 5.97 Å². The third-order valence-corrected chi connectivity index (χ3v) is 2.91. The summed E-state index contributed by atoms with van der Waals surface area (Å²) in [4.78, 5) is 11.4. The van der Waals surface area contributed by atoms with Gasteiger partial charge in [0.1, 0.15) is 0 Å². The molecule has 0 aliphatic rings. The van der Waals surface area contributed by atoms with Gasteiger partial charge in [-0.05, 0) is 24.3 Å². The third kappa shape index (κ3) is 6.10.